The average Bonchev–Trinajstić information content (AvgIpc) is 3.10. The predicted molar refractivity (Wildman–Crippen MR) is 78.7 cm³/mol. The van der Waals surface area contributed by atoms with Gasteiger partial charge in [-0.05, 0) is 26.2 Å². The minimum atomic E-state index is -0.269. The third-order valence-corrected chi connectivity index (χ3v) is 4.16. The highest BCUT2D eigenvalue weighted by Crippen LogP contribution is 2.28. The number of imidazole rings is 1. The van der Waals surface area contributed by atoms with E-state index in [9.17, 15) is 4.39 Å². The summed E-state index contributed by atoms with van der Waals surface area (Å²) in [5.74, 6) is 1.16. The van der Waals surface area contributed by atoms with Crippen LogP contribution in [0.15, 0.2) is 18.7 Å². The average molecular weight is 289 g/mol. The van der Waals surface area contributed by atoms with Gasteiger partial charge in [0.2, 0.25) is 0 Å². The monoisotopic (exact) mass is 289 g/mol. The zero-order valence-corrected chi connectivity index (χ0v) is 12.5. The van der Waals surface area contributed by atoms with Crippen LogP contribution in [0.2, 0.25) is 0 Å². The van der Waals surface area contributed by atoms with Crippen molar-refractivity contribution in [2.75, 3.05) is 11.4 Å². The second-order valence-electron chi connectivity index (χ2n) is 5.43. The fourth-order valence-corrected chi connectivity index (χ4v) is 2.97. The van der Waals surface area contributed by atoms with Crippen LogP contribution in [0.4, 0.5) is 10.2 Å². The quantitative estimate of drug-likeness (QED) is 0.867. The minimum Gasteiger partial charge on any atom is -0.349 e. The van der Waals surface area contributed by atoms with Crippen LogP contribution >= 0.6 is 0 Å². The Morgan fingerprint density at radius 1 is 1.33 bits per heavy atom. The lowest BCUT2D eigenvalue weighted by molar-refractivity contribution is 0.522. The summed E-state index contributed by atoms with van der Waals surface area (Å²) >= 11 is 0. The van der Waals surface area contributed by atoms with E-state index in [1.54, 1.807) is 6.20 Å². The highest BCUT2D eigenvalue weighted by atomic mass is 19.1. The first kappa shape index (κ1) is 14.0. The van der Waals surface area contributed by atoms with Crippen molar-refractivity contribution in [2.45, 2.75) is 45.7 Å². The van der Waals surface area contributed by atoms with Crippen molar-refractivity contribution in [3.63, 3.8) is 0 Å². The van der Waals surface area contributed by atoms with Crippen molar-refractivity contribution in [1.82, 2.24) is 19.5 Å². The summed E-state index contributed by atoms with van der Waals surface area (Å²) in [6.45, 7) is 5.55. The molecule has 3 rings (SSSR count). The molecule has 6 heteroatoms. The number of halogens is 1. The Kier molecular flexibility index (Phi) is 3.86. The van der Waals surface area contributed by atoms with Crippen molar-refractivity contribution < 1.29 is 4.39 Å². The highest BCUT2D eigenvalue weighted by molar-refractivity contribution is 5.43. The molecule has 5 nitrogen and oxygen atoms in total. The normalized spacial score (nSPS) is 18.4. The molecule has 0 spiro atoms. The van der Waals surface area contributed by atoms with Crippen LogP contribution in [0.3, 0.4) is 0 Å². The third kappa shape index (κ3) is 2.62. The molecule has 0 N–H and O–H groups in total. The second kappa shape index (κ2) is 5.79. The summed E-state index contributed by atoms with van der Waals surface area (Å²) in [6, 6.07) is 0.256. The molecule has 0 saturated carbocycles. The molecule has 0 aromatic carbocycles. The Balaban J connectivity index is 1.86. The molecule has 112 valence electrons. The molecule has 1 aliphatic heterocycles. The number of anilines is 1. The number of hydrogen-bond donors (Lipinski definition) is 0. The zero-order valence-electron chi connectivity index (χ0n) is 12.5. The number of hydrogen-bond acceptors (Lipinski definition) is 4. The molecule has 0 radical (unpaired) electrons. The van der Waals surface area contributed by atoms with Crippen molar-refractivity contribution in [2.24, 2.45) is 0 Å². The van der Waals surface area contributed by atoms with Crippen molar-refractivity contribution in [1.29, 1.82) is 0 Å². The van der Waals surface area contributed by atoms with Gasteiger partial charge in [-0.3, -0.25) is 0 Å². The maximum absolute atomic E-state index is 14.5. The Labute approximate surface area is 123 Å². The summed E-state index contributed by atoms with van der Waals surface area (Å²) in [5.41, 5.74) is 0.490. The van der Waals surface area contributed by atoms with E-state index < -0.39 is 0 Å². The summed E-state index contributed by atoms with van der Waals surface area (Å²) < 4.78 is 16.6. The number of aromatic nitrogens is 4. The number of aryl methyl sites for hydroxylation is 2. The van der Waals surface area contributed by atoms with Gasteiger partial charge in [0.25, 0.3) is 0 Å². The van der Waals surface area contributed by atoms with Gasteiger partial charge in [0.05, 0.1) is 5.69 Å². The van der Waals surface area contributed by atoms with Crippen LogP contribution in [0.25, 0.3) is 0 Å². The first-order valence-electron chi connectivity index (χ1n) is 7.44. The molecule has 3 heterocycles. The largest absolute Gasteiger partial charge is 0.349 e. The molecule has 2 aromatic rings. The van der Waals surface area contributed by atoms with E-state index in [1.807, 2.05) is 20.0 Å². The number of rotatable bonds is 4. The molecular formula is C15H20FN5. The van der Waals surface area contributed by atoms with E-state index in [0.717, 1.165) is 31.8 Å². The van der Waals surface area contributed by atoms with E-state index >= 15 is 0 Å². The van der Waals surface area contributed by atoms with Gasteiger partial charge in [0, 0.05) is 31.5 Å². The molecular weight excluding hydrogens is 269 g/mol. The smallest absolute Gasteiger partial charge is 0.187 e. The molecule has 0 bridgehead atoms. The van der Waals surface area contributed by atoms with Crippen molar-refractivity contribution >= 4 is 5.82 Å². The predicted octanol–water partition coefficient (Wildman–Crippen LogP) is 2.35. The summed E-state index contributed by atoms with van der Waals surface area (Å²) in [7, 11) is 0. The van der Waals surface area contributed by atoms with Crippen molar-refractivity contribution in [3.8, 4) is 0 Å². The van der Waals surface area contributed by atoms with Gasteiger partial charge in [0.1, 0.15) is 12.2 Å². The third-order valence-electron chi connectivity index (χ3n) is 4.16. The van der Waals surface area contributed by atoms with Crippen LogP contribution in [0, 0.1) is 12.7 Å². The number of nitrogens with zero attached hydrogens (tertiary/aromatic N) is 5. The van der Waals surface area contributed by atoms with Crippen molar-refractivity contribution in [3.05, 3.63) is 36.1 Å². The lowest BCUT2D eigenvalue weighted by Crippen LogP contribution is -2.34. The van der Waals surface area contributed by atoms with E-state index in [-0.39, 0.29) is 11.9 Å². The maximum atomic E-state index is 14.5. The van der Waals surface area contributed by atoms with Crippen LogP contribution in [0.1, 0.15) is 31.3 Å². The SMILES string of the molecule is CCc1ncnc(N2CCC[C@H]2Cn2ccnc2C)c1F. The van der Waals surface area contributed by atoms with E-state index in [0.29, 0.717) is 17.9 Å². The highest BCUT2D eigenvalue weighted by Gasteiger charge is 2.29. The van der Waals surface area contributed by atoms with Gasteiger partial charge in [-0.15, -0.1) is 0 Å². The van der Waals surface area contributed by atoms with Gasteiger partial charge in [-0.25, -0.2) is 19.3 Å². The molecule has 1 saturated heterocycles. The van der Waals surface area contributed by atoms with E-state index in [4.69, 9.17) is 0 Å². The minimum absolute atomic E-state index is 0.256. The topological polar surface area (TPSA) is 46.8 Å². The van der Waals surface area contributed by atoms with Gasteiger partial charge >= 0.3 is 0 Å². The molecule has 1 atom stereocenters. The Morgan fingerprint density at radius 3 is 2.90 bits per heavy atom. The molecule has 21 heavy (non-hydrogen) atoms. The zero-order chi connectivity index (χ0) is 14.8. The van der Waals surface area contributed by atoms with Crippen LogP contribution in [0.5, 0.6) is 0 Å². The molecule has 0 aliphatic carbocycles. The van der Waals surface area contributed by atoms with E-state index in [2.05, 4.69) is 24.4 Å². The Hall–Kier alpha value is -1.98. The summed E-state index contributed by atoms with van der Waals surface area (Å²) in [5, 5.41) is 0. The Bertz CT molecular complexity index is 624. The summed E-state index contributed by atoms with van der Waals surface area (Å²) in [6.07, 6.45) is 7.93. The van der Waals surface area contributed by atoms with Gasteiger partial charge in [0.15, 0.2) is 11.6 Å². The molecule has 2 aromatic heterocycles. The van der Waals surface area contributed by atoms with Gasteiger partial charge in [-0.2, -0.15) is 0 Å². The lowest BCUT2D eigenvalue weighted by atomic mass is 10.2. The maximum Gasteiger partial charge on any atom is 0.187 e. The van der Waals surface area contributed by atoms with Gasteiger partial charge < -0.3 is 9.47 Å². The first-order chi connectivity index (χ1) is 10.2. The standard InChI is InChI=1S/C15H20FN5/c1-3-13-14(16)15(19-10-18-13)21-7-4-5-12(21)9-20-8-6-17-11(20)2/h6,8,10,12H,3-5,7,9H2,1-2H3/t12-/m0/s1. The first-order valence-corrected chi connectivity index (χ1v) is 7.44. The lowest BCUT2D eigenvalue weighted by Gasteiger charge is -2.27. The van der Waals surface area contributed by atoms with Crippen LogP contribution in [-0.2, 0) is 13.0 Å². The fourth-order valence-electron chi connectivity index (χ4n) is 2.97. The summed E-state index contributed by atoms with van der Waals surface area (Å²) in [4.78, 5) is 14.5. The molecule has 0 unspecified atom stereocenters. The fraction of sp³-hybridized carbons (Fsp3) is 0.533. The molecule has 1 fully saturated rings. The molecule has 0 amide bonds. The van der Waals surface area contributed by atoms with Crippen LogP contribution < -0.4 is 4.90 Å². The van der Waals surface area contributed by atoms with Gasteiger partial charge in [-0.1, -0.05) is 6.92 Å². The Morgan fingerprint density at radius 2 is 2.19 bits per heavy atom. The second-order valence-corrected chi connectivity index (χ2v) is 5.43. The molecule has 1 aliphatic rings. The van der Waals surface area contributed by atoms with E-state index in [1.165, 1.54) is 6.33 Å². The van der Waals surface area contributed by atoms with Crippen LogP contribution in [-0.4, -0.2) is 32.1 Å².